The molecule has 1 amide bonds. The third kappa shape index (κ3) is 7.11. The molecule has 224 valence electrons. The highest BCUT2D eigenvalue weighted by Crippen LogP contribution is 2.32. The maximum atomic E-state index is 14.1. The van der Waals surface area contributed by atoms with Crippen LogP contribution < -0.4 is 10.6 Å². The molecule has 3 aromatic carbocycles. The van der Waals surface area contributed by atoms with Crippen LogP contribution in [-0.2, 0) is 38.9 Å². The summed E-state index contributed by atoms with van der Waals surface area (Å²) in [6.07, 6.45) is 3.46. The third-order valence-corrected chi connectivity index (χ3v) is 10.8. The highest BCUT2D eigenvalue weighted by molar-refractivity contribution is 7.89. The van der Waals surface area contributed by atoms with Crippen molar-refractivity contribution in [3.63, 3.8) is 0 Å². The molecule has 3 aromatic rings. The second-order valence-electron chi connectivity index (χ2n) is 11.9. The van der Waals surface area contributed by atoms with Crippen molar-refractivity contribution in [2.24, 2.45) is 5.92 Å². The Labute approximate surface area is 250 Å². The molecule has 2 heterocycles. The van der Waals surface area contributed by atoms with Crippen molar-refractivity contribution in [2.75, 3.05) is 26.3 Å². The molecule has 5 rings (SSSR count). The quantitative estimate of drug-likeness (QED) is 0.365. The monoisotopic (exact) mass is 589 g/mol. The van der Waals surface area contributed by atoms with Crippen LogP contribution in [0.2, 0.25) is 0 Å². The number of hydrogen-bond acceptors (Lipinski definition) is 5. The largest absolute Gasteiger partial charge is 0.370 e. The summed E-state index contributed by atoms with van der Waals surface area (Å²) in [5.41, 5.74) is 5.83. The highest BCUT2D eigenvalue weighted by atomic mass is 32.2. The van der Waals surface area contributed by atoms with Gasteiger partial charge in [0.05, 0.1) is 17.5 Å². The van der Waals surface area contributed by atoms with Gasteiger partial charge in [0.1, 0.15) is 6.61 Å². The molecular weight excluding hydrogens is 546 g/mol. The Kier molecular flexibility index (Phi) is 9.78. The van der Waals surface area contributed by atoms with Gasteiger partial charge in [-0.1, -0.05) is 72.3 Å². The van der Waals surface area contributed by atoms with E-state index in [-0.39, 0.29) is 31.7 Å². The van der Waals surface area contributed by atoms with Gasteiger partial charge in [0.2, 0.25) is 15.9 Å². The molecule has 0 saturated carbocycles. The number of rotatable bonds is 10. The fraction of sp³-hybridized carbons (Fsp3) is 0.441. The van der Waals surface area contributed by atoms with E-state index in [9.17, 15) is 13.2 Å². The van der Waals surface area contributed by atoms with Gasteiger partial charge in [0.25, 0.3) is 0 Å². The molecule has 2 aliphatic rings. The SMILES string of the molecule is Cc1cc(C)c(S(=O)(=O)N2Cc3ccccc3CC2COCC(=O)NC(Cc2ccccc2)C2CCCNC2)c(C)c1. The molecule has 0 radical (unpaired) electrons. The van der Waals surface area contributed by atoms with Crippen LogP contribution in [0.1, 0.15) is 46.2 Å². The summed E-state index contributed by atoms with van der Waals surface area (Å²) in [6, 6.07) is 21.6. The lowest BCUT2D eigenvalue weighted by atomic mass is 9.87. The lowest BCUT2D eigenvalue weighted by Gasteiger charge is -2.36. The summed E-state index contributed by atoms with van der Waals surface area (Å²) in [5.74, 6) is 0.178. The predicted octanol–water partition coefficient (Wildman–Crippen LogP) is 4.47. The number of carbonyl (C=O) groups excluding carboxylic acids is 1. The number of hydrogen-bond donors (Lipinski definition) is 2. The van der Waals surface area contributed by atoms with Gasteiger partial charge in [-0.2, -0.15) is 4.31 Å². The van der Waals surface area contributed by atoms with Crippen molar-refractivity contribution < 1.29 is 17.9 Å². The van der Waals surface area contributed by atoms with Crippen LogP contribution in [0.4, 0.5) is 0 Å². The normalized spacial score (nSPS) is 20.1. The van der Waals surface area contributed by atoms with E-state index in [1.807, 2.05) is 75.4 Å². The van der Waals surface area contributed by atoms with Crippen molar-refractivity contribution in [1.29, 1.82) is 0 Å². The van der Waals surface area contributed by atoms with Gasteiger partial charge in [0.15, 0.2) is 0 Å². The number of nitrogens with zero attached hydrogens (tertiary/aromatic N) is 1. The van der Waals surface area contributed by atoms with Gasteiger partial charge in [-0.25, -0.2) is 8.42 Å². The summed E-state index contributed by atoms with van der Waals surface area (Å²) in [6.45, 7) is 7.88. The van der Waals surface area contributed by atoms with Gasteiger partial charge in [0, 0.05) is 12.6 Å². The molecular formula is C34H43N3O4S. The molecule has 7 nitrogen and oxygen atoms in total. The summed E-state index contributed by atoms with van der Waals surface area (Å²) < 4.78 is 35.8. The van der Waals surface area contributed by atoms with Gasteiger partial charge >= 0.3 is 0 Å². The Hall–Kier alpha value is -3.04. The number of amides is 1. The summed E-state index contributed by atoms with van der Waals surface area (Å²) in [5, 5.41) is 6.71. The second kappa shape index (κ2) is 13.5. The minimum absolute atomic E-state index is 0.00206. The van der Waals surface area contributed by atoms with E-state index < -0.39 is 16.1 Å². The molecule has 8 heteroatoms. The summed E-state index contributed by atoms with van der Waals surface area (Å²) >= 11 is 0. The molecule has 0 aliphatic carbocycles. The van der Waals surface area contributed by atoms with Crippen LogP contribution in [0.15, 0.2) is 71.6 Å². The minimum atomic E-state index is -3.80. The number of ether oxygens (including phenoxy) is 1. The Bertz CT molecular complexity index is 1460. The van der Waals surface area contributed by atoms with Crippen LogP contribution in [0.25, 0.3) is 0 Å². The van der Waals surface area contributed by atoms with Crippen LogP contribution in [0.3, 0.4) is 0 Å². The molecule has 3 unspecified atom stereocenters. The molecule has 0 aromatic heterocycles. The van der Waals surface area contributed by atoms with Crippen molar-refractivity contribution in [2.45, 2.75) is 70.0 Å². The van der Waals surface area contributed by atoms with Crippen LogP contribution in [0, 0.1) is 26.7 Å². The van der Waals surface area contributed by atoms with E-state index in [4.69, 9.17) is 4.74 Å². The van der Waals surface area contributed by atoms with E-state index in [1.54, 1.807) is 4.31 Å². The zero-order chi connectivity index (χ0) is 29.7. The Morgan fingerprint density at radius 1 is 1.02 bits per heavy atom. The van der Waals surface area contributed by atoms with Gasteiger partial charge in [-0.3, -0.25) is 4.79 Å². The molecule has 0 spiro atoms. The average molecular weight is 590 g/mol. The topological polar surface area (TPSA) is 87.7 Å². The van der Waals surface area contributed by atoms with E-state index in [1.165, 1.54) is 5.56 Å². The number of nitrogens with one attached hydrogen (secondary N) is 2. The number of carbonyl (C=O) groups is 1. The van der Waals surface area contributed by atoms with E-state index in [0.29, 0.717) is 17.2 Å². The Balaban J connectivity index is 1.29. The third-order valence-electron chi connectivity index (χ3n) is 8.57. The van der Waals surface area contributed by atoms with Gasteiger partial charge in [-0.15, -0.1) is 0 Å². The maximum absolute atomic E-state index is 14.1. The standard InChI is InChI=1S/C34H43N3O4S/c1-24-16-25(2)34(26(3)17-24)42(39,40)37-21-30-13-8-7-12-28(30)19-31(37)22-41-23-33(38)36-32(29-14-9-15-35-20-29)18-27-10-5-4-6-11-27/h4-8,10-13,16-17,29,31-32,35H,9,14-15,18-23H2,1-3H3,(H,36,38). The first-order chi connectivity index (χ1) is 20.2. The summed E-state index contributed by atoms with van der Waals surface area (Å²) in [4.78, 5) is 13.5. The zero-order valence-electron chi connectivity index (χ0n) is 24.9. The van der Waals surface area contributed by atoms with Crippen LogP contribution in [-0.4, -0.2) is 57.0 Å². The molecule has 42 heavy (non-hydrogen) atoms. The van der Waals surface area contributed by atoms with Crippen molar-refractivity contribution in [3.8, 4) is 0 Å². The molecule has 1 saturated heterocycles. The van der Waals surface area contributed by atoms with Crippen molar-refractivity contribution in [3.05, 3.63) is 100 Å². The van der Waals surface area contributed by atoms with Crippen molar-refractivity contribution in [1.82, 2.24) is 14.9 Å². The highest BCUT2D eigenvalue weighted by Gasteiger charge is 2.37. The first-order valence-electron chi connectivity index (χ1n) is 15.0. The fourth-order valence-electron chi connectivity index (χ4n) is 6.64. The summed E-state index contributed by atoms with van der Waals surface area (Å²) in [7, 11) is -3.80. The fourth-order valence-corrected chi connectivity index (χ4v) is 8.64. The second-order valence-corrected chi connectivity index (χ2v) is 13.7. The van der Waals surface area contributed by atoms with Gasteiger partial charge < -0.3 is 15.4 Å². The molecule has 2 N–H and O–H groups in total. The lowest BCUT2D eigenvalue weighted by molar-refractivity contribution is -0.127. The lowest BCUT2D eigenvalue weighted by Crippen LogP contribution is -2.49. The van der Waals surface area contributed by atoms with Gasteiger partial charge in [-0.05, 0) is 93.3 Å². The number of fused-ring (bicyclic) bond motifs is 1. The van der Waals surface area contributed by atoms with Crippen LogP contribution in [0.5, 0.6) is 0 Å². The number of sulfonamides is 1. The number of aryl methyl sites for hydroxylation is 3. The molecule has 2 aliphatic heterocycles. The van der Waals surface area contributed by atoms with Crippen molar-refractivity contribution >= 4 is 15.9 Å². The van der Waals surface area contributed by atoms with E-state index in [2.05, 4.69) is 22.8 Å². The molecule has 1 fully saturated rings. The first kappa shape index (κ1) is 30.4. The Morgan fingerprint density at radius 2 is 1.71 bits per heavy atom. The number of piperidine rings is 1. The van der Waals surface area contributed by atoms with Crippen LogP contribution >= 0.6 is 0 Å². The zero-order valence-corrected chi connectivity index (χ0v) is 25.8. The van der Waals surface area contributed by atoms with E-state index in [0.717, 1.165) is 60.2 Å². The predicted molar refractivity (Wildman–Crippen MR) is 166 cm³/mol. The molecule has 3 atom stereocenters. The van der Waals surface area contributed by atoms with E-state index >= 15 is 0 Å². The minimum Gasteiger partial charge on any atom is -0.370 e. The average Bonchev–Trinajstić information content (AvgIpc) is 2.96. The maximum Gasteiger partial charge on any atom is 0.246 e. The first-order valence-corrected chi connectivity index (χ1v) is 16.4. The molecule has 0 bridgehead atoms. The smallest absolute Gasteiger partial charge is 0.246 e. The Morgan fingerprint density at radius 3 is 2.40 bits per heavy atom. The number of benzene rings is 3.